The number of amides is 1. The van der Waals surface area contributed by atoms with Gasteiger partial charge in [0, 0.05) is 24.4 Å². The van der Waals surface area contributed by atoms with Crippen LogP contribution in [0.5, 0.6) is 0 Å². The molecule has 0 aliphatic carbocycles. The molecule has 0 saturated heterocycles. The van der Waals surface area contributed by atoms with E-state index < -0.39 is 0 Å². The molecular formula is C18H14N4O3. The van der Waals surface area contributed by atoms with Crippen molar-refractivity contribution < 1.29 is 13.7 Å². The summed E-state index contributed by atoms with van der Waals surface area (Å²) in [6.45, 7) is 0. The van der Waals surface area contributed by atoms with Crippen molar-refractivity contribution in [2.45, 2.75) is 12.8 Å². The lowest BCUT2D eigenvalue weighted by molar-refractivity contribution is -0.116. The molecule has 7 nitrogen and oxygen atoms in total. The predicted molar refractivity (Wildman–Crippen MR) is 90.7 cm³/mol. The van der Waals surface area contributed by atoms with Crippen molar-refractivity contribution in [3.8, 4) is 11.6 Å². The Balaban J connectivity index is 1.41. The molecule has 25 heavy (non-hydrogen) atoms. The number of anilines is 1. The molecule has 1 N–H and O–H groups in total. The molecule has 1 aromatic carbocycles. The van der Waals surface area contributed by atoms with E-state index >= 15 is 0 Å². The average molecular weight is 334 g/mol. The number of hydrogen-bond donors (Lipinski definition) is 1. The summed E-state index contributed by atoms with van der Waals surface area (Å²) in [5, 5.41) is 7.69. The normalized spacial score (nSPS) is 10.9. The summed E-state index contributed by atoms with van der Waals surface area (Å²) >= 11 is 0. The molecule has 0 radical (unpaired) electrons. The first kappa shape index (κ1) is 15.1. The van der Waals surface area contributed by atoms with Gasteiger partial charge in [-0.15, -0.1) is 0 Å². The molecule has 0 saturated carbocycles. The van der Waals surface area contributed by atoms with E-state index in [0.717, 1.165) is 10.9 Å². The maximum absolute atomic E-state index is 12.2. The van der Waals surface area contributed by atoms with Crippen molar-refractivity contribution in [1.29, 1.82) is 0 Å². The number of fused-ring (bicyclic) bond motifs is 1. The second-order valence-electron chi connectivity index (χ2n) is 5.42. The van der Waals surface area contributed by atoms with Gasteiger partial charge in [0.2, 0.25) is 17.6 Å². The number of carbonyl (C=O) groups is 1. The summed E-state index contributed by atoms with van der Waals surface area (Å²) in [6.07, 6.45) is 3.81. The highest BCUT2D eigenvalue weighted by Crippen LogP contribution is 2.21. The Hall–Kier alpha value is -3.48. The van der Waals surface area contributed by atoms with Crippen molar-refractivity contribution in [3.63, 3.8) is 0 Å². The maximum atomic E-state index is 12.2. The number of furan rings is 1. The average Bonchev–Trinajstić information content (AvgIpc) is 3.32. The van der Waals surface area contributed by atoms with Gasteiger partial charge in [0.05, 0.1) is 17.5 Å². The first-order valence-corrected chi connectivity index (χ1v) is 7.80. The number of nitrogens with zero attached hydrogens (tertiary/aromatic N) is 3. The highest BCUT2D eigenvalue weighted by molar-refractivity contribution is 6.00. The zero-order valence-electron chi connectivity index (χ0n) is 13.2. The summed E-state index contributed by atoms with van der Waals surface area (Å²) in [5.41, 5.74) is 1.45. The van der Waals surface area contributed by atoms with Crippen LogP contribution in [0.3, 0.4) is 0 Å². The van der Waals surface area contributed by atoms with Crippen LogP contribution >= 0.6 is 0 Å². The smallest absolute Gasteiger partial charge is 0.238 e. The summed E-state index contributed by atoms with van der Waals surface area (Å²) in [6, 6.07) is 13.0. The number of para-hydroxylation sites is 1. The Morgan fingerprint density at radius 3 is 2.92 bits per heavy atom. The summed E-state index contributed by atoms with van der Waals surface area (Å²) in [5.74, 6) is 1.15. The molecule has 0 aliphatic rings. The van der Waals surface area contributed by atoms with E-state index in [9.17, 15) is 4.79 Å². The van der Waals surface area contributed by atoms with E-state index in [1.807, 2.05) is 30.3 Å². The van der Waals surface area contributed by atoms with Crippen LogP contribution in [0.25, 0.3) is 22.5 Å². The predicted octanol–water partition coefficient (Wildman–Crippen LogP) is 3.45. The van der Waals surface area contributed by atoms with Crippen molar-refractivity contribution in [1.82, 2.24) is 15.1 Å². The molecule has 3 aromatic heterocycles. The molecule has 1 amide bonds. The fraction of sp³-hybridized carbons (Fsp3) is 0.111. The second-order valence-corrected chi connectivity index (χ2v) is 5.42. The summed E-state index contributed by atoms with van der Waals surface area (Å²) in [4.78, 5) is 20.8. The minimum atomic E-state index is -0.143. The Bertz CT molecular complexity index is 1000. The SMILES string of the molecule is O=C(CCc1nc(-c2ccco2)no1)Nc1cccc2cccnc12. The van der Waals surface area contributed by atoms with Gasteiger partial charge in [-0.05, 0) is 24.3 Å². The lowest BCUT2D eigenvalue weighted by atomic mass is 10.2. The molecule has 0 bridgehead atoms. The van der Waals surface area contributed by atoms with Crippen LogP contribution in [0.1, 0.15) is 12.3 Å². The molecule has 0 fully saturated rings. The van der Waals surface area contributed by atoms with E-state index in [2.05, 4.69) is 20.4 Å². The Morgan fingerprint density at radius 1 is 1.12 bits per heavy atom. The van der Waals surface area contributed by atoms with Gasteiger partial charge in [-0.2, -0.15) is 4.98 Å². The highest BCUT2D eigenvalue weighted by Gasteiger charge is 2.13. The van der Waals surface area contributed by atoms with Gasteiger partial charge in [-0.25, -0.2) is 0 Å². The van der Waals surface area contributed by atoms with E-state index in [1.54, 1.807) is 18.3 Å². The molecule has 0 atom stereocenters. The van der Waals surface area contributed by atoms with Crippen LogP contribution in [0.15, 0.2) is 63.9 Å². The van der Waals surface area contributed by atoms with Crippen LogP contribution in [0.2, 0.25) is 0 Å². The monoisotopic (exact) mass is 334 g/mol. The molecule has 7 heteroatoms. The maximum Gasteiger partial charge on any atom is 0.238 e. The van der Waals surface area contributed by atoms with E-state index in [-0.39, 0.29) is 12.3 Å². The number of rotatable bonds is 5. The zero-order chi connectivity index (χ0) is 17.1. The Morgan fingerprint density at radius 2 is 2.04 bits per heavy atom. The van der Waals surface area contributed by atoms with Crippen LogP contribution in [0.4, 0.5) is 5.69 Å². The number of benzene rings is 1. The van der Waals surface area contributed by atoms with Gasteiger partial charge in [0.1, 0.15) is 0 Å². The molecule has 0 aliphatic heterocycles. The third-order valence-corrected chi connectivity index (χ3v) is 3.68. The first-order valence-electron chi connectivity index (χ1n) is 7.80. The van der Waals surface area contributed by atoms with Gasteiger partial charge in [0.15, 0.2) is 5.76 Å². The van der Waals surface area contributed by atoms with Crippen molar-refractivity contribution in [2.75, 3.05) is 5.32 Å². The van der Waals surface area contributed by atoms with Crippen molar-refractivity contribution in [2.24, 2.45) is 0 Å². The zero-order valence-corrected chi connectivity index (χ0v) is 13.2. The standard InChI is InChI=1S/C18H14N4O3/c23-15(20-13-6-1-4-12-5-2-10-19-17(12)13)8-9-16-21-18(22-25-16)14-7-3-11-24-14/h1-7,10-11H,8-9H2,(H,20,23). The van der Waals surface area contributed by atoms with Gasteiger partial charge in [0.25, 0.3) is 0 Å². The first-order chi connectivity index (χ1) is 12.3. The Kier molecular flexibility index (Phi) is 3.96. The van der Waals surface area contributed by atoms with Gasteiger partial charge < -0.3 is 14.3 Å². The van der Waals surface area contributed by atoms with E-state index in [0.29, 0.717) is 29.6 Å². The number of aromatic nitrogens is 3. The fourth-order valence-electron chi connectivity index (χ4n) is 2.50. The van der Waals surface area contributed by atoms with Gasteiger partial charge >= 0.3 is 0 Å². The minimum absolute atomic E-state index is 0.143. The topological polar surface area (TPSA) is 94.0 Å². The lowest BCUT2D eigenvalue weighted by Gasteiger charge is -2.07. The van der Waals surface area contributed by atoms with Crippen LogP contribution in [0, 0.1) is 0 Å². The van der Waals surface area contributed by atoms with Crippen molar-refractivity contribution in [3.05, 3.63) is 60.8 Å². The third-order valence-electron chi connectivity index (χ3n) is 3.68. The quantitative estimate of drug-likeness (QED) is 0.601. The van der Waals surface area contributed by atoms with E-state index in [4.69, 9.17) is 8.94 Å². The highest BCUT2D eigenvalue weighted by atomic mass is 16.5. The molecule has 124 valence electrons. The third kappa shape index (κ3) is 3.25. The van der Waals surface area contributed by atoms with Crippen molar-refractivity contribution >= 4 is 22.5 Å². The number of hydrogen-bond acceptors (Lipinski definition) is 6. The summed E-state index contributed by atoms with van der Waals surface area (Å²) in [7, 11) is 0. The number of carbonyl (C=O) groups excluding carboxylic acids is 1. The number of nitrogens with one attached hydrogen (secondary N) is 1. The minimum Gasteiger partial charge on any atom is -0.461 e. The lowest BCUT2D eigenvalue weighted by Crippen LogP contribution is -2.13. The van der Waals surface area contributed by atoms with Gasteiger partial charge in [-0.1, -0.05) is 23.4 Å². The molecule has 0 unspecified atom stereocenters. The van der Waals surface area contributed by atoms with Crippen LogP contribution < -0.4 is 5.32 Å². The largest absolute Gasteiger partial charge is 0.461 e. The molecule has 0 spiro atoms. The van der Waals surface area contributed by atoms with Crippen LogP contribution in [-0.4, -0.2) is 21.0 Å². The van der Waals surface area contributed by atoms with E-state index in [1.165, 1.54) is 6.26 Å². The van der Waals surface area contributed by atoms with Crippen LogP contribution in [-0.2, 0) is 11.2 Å². The summed E-state index contributed by atoms with van der Waals surface area (Å²) < 4.78 is 10.4. The Labute approximate surface area is 142 Å². The molecular weight excluding hydrogens is 320 g/mol. The number of pyridine rings is 1. The fourth-order valence-corrected chi connectivity index (χ4v) is 2.50. The van der Waals surface area contributed by atoms with Gasteiger partial charge in [-0.3, -0.25) is 9.78 Å². The number of aryl methyl sites for hydroxylation is 1. The second kappa shape index (κ2) is 6.56. The molecule has 3 heterocycles. The molecule has 4 aromatic rings. The molecule has 4 rings (SSSR count).